The van der Waals surface area contributed by atoms with Crippen LogP contribution in [0.2, 0.25) is 5.02 Å². The van der Waals surface area contributed by atoms with Gasteiger partial charge in [-0.15, -0.1) is 0 Å². The van der Waals surface area contributed by atoms with Crippen molar-refractivity contribution in [3.63, 3.8) is 0 Å². The molecule has 3 rings (SSSR count). The second-order valence-corrected chi connectivity index (χ2v) is 7.15. The molecule has 5 nitrogen and oxygen atoms in total. The number of rotatable bonds is 2. The summed E-state index contributed by atoms with van der Waals surface area (Å²) in [4.78, 5) is 36.4. The van der Waals surface area contributed by atoms with Crippen LogP contribution in [0.1, 0.15) is 21.6 Å². The number of benzene rings is 1. The normalized spacial score (nSPS) is 11.7. The van der Waals surface area contributed by atoms with Crippen molar-refractivity contribution >= 4 is 28.9 Å². The molecule has 1 N–H and O–H groups in total. The van der Waals surface area contributed by atoms with E-state index in [-0.39, 0.29) is 15.3 Å². The molecule has 0 aromatic heterocycles. The Morgan fingerprint density at radius 3 is 2.48 bits per heavy atom. The minimum absolute atomic E-state index is 0.253. The highest BCUT2D eigenvalue weighted by Crippen LogP contribution is 2.36. The first-order valence-corrected chi connectivity index (χ1v) is 8.45. The van der Waals surface area contributed by atoms with Crippen LogP contribution in [0.4, 0.5) is 13.2 Å². The van der Waals surface area contributed by atoms with E-state index in [2.05, 4.69) is 0 Å². The summed E-state index contributed by atoms with van der Waals surface area (Å²) in [6.45, 7) is 0. The van der Waals surface area contributed by atoms with Crippen LogP contribution in [0.3, 0.4) is 0 Å². The number of alkyl halides is 3. The molecule has 0 saturated carbocycles. The molecule has 0 fully saturated rings. The van der Waals surface area contributed by atoms with Crippen molar-refractivity contribution in [2.45, 2.75) is 6.18 Å². The predicted octanol–water partition coefficient (Wildman–Crippen LogP) is 3.14. The van der Waals surface area contributed by atoms with Gasteiger partial charge in [-0.25, -0.2) is 0 Å². The lowest BCUT2D eigenvalue weighted by Crippen LogP contribution is -2.24. The van der Waals surface area contributed by atoms with Crippen LogP contribution in [0.5, 0.6) is 5.75 Å². The van der Waals surface area contributed by atoms with E-state index in [0.717, 1.165) is 29.7 Å². The number of carbonyl (C=O) groups excluding carboxylic acids is 1. The summed E-state index contributed by atoms with van der Waals surface area (Å²) in [6.07, 6.45) is -4.77. The summed E-state index contributed by atoms with van der Waals surface area (Å²) in [6, 6.07) is 4.93. The summed E-state index contributed by atoms with van der Waals surface area (Å²) in [5, 5.41) is 9.50. The Morgan fingerprint density at radius 1 is 1.19 bits per heavy atom. The molecule has 1 aliphatic heterocycles. The van der Waals surface area contributed by atoms with Crippen molar-refractivity contribution in [3.05, 3.63) is 82.4 Å². The first kappa shape index (κ1) is 19.1. The molecule has 0 atom stereocenters. The number of nitrogens with zero attached hydrogens (tertiary/aromatic N) is 1. The van der Waals surface area contributed by atoms with Gasteiger partial charge in [0, 0.05) is 12.6 Å². The van der Waals surface area contributed by atoms with Crippen molar-refractivity contribution < 1.29 is 23.1 Å². The summed E-state index contributed by atoms with van der Waals surface area (Å²) >= 11 is 6.44. The predicted molar refractivity (Wildman–Crippen MR) is 92.7 cm³/mol. The van der Waals surface area contributed by atoms with Crippen molar-refractivity contribution in [1.29, 1.82) is 0 Å². The van der Waals surface area contributed by atoms with Gasteiger partial charge in [0.2, 0.25) is 16.6 Å². The lowest BCUT2D eigenvalue weighted by atomic mass is 10.0. The number of halogens is 4. The number of aromatic nitrogens is 1. The van der Waals surface area contributed by atoms with Gasteiger partial charge in [-0.2, -0.15) is 13.2 Å². The molecule has 10 heteroatoms. The number of hydrogen-bond acceptors (Lipinski definition) is 5. The van der Waals surface area contributed by atoms with E-state index in [9.17, 15) is 32.7 Å². The SMILES string of the molecule is Cn1sc2ccc(=O)c(=O)c=2c(O)c1C(=O)c1ccc(Cl)c(C(F)(F)F)c1. The number of aryl methyl sites for hydroxylation is 1. The largest absolute Gasteiger partial charge is 0.505 e. The van der Waals surface area contributed by atoms with Crippen LogP contribution in [0.25, 0.3) is 0 Å². The van der Waals surface area contributed by atoms with Gasteiger partial charge >= 0.3 is 6.18 Å². The van der Waals surface area contributed by atoms with Gasteiger partial charge in [0.25, 0.3) is 0 Å². The Bertz CT molecular complexity index is 1260. The zero-order valence-electron chi connectivity index (χ0n) is 13.4. The molecule has 1 aliphatic carbocycles. The molecule has 0 saturated heterocycles. The molecule has 0 amide bonds. The molecule has 0 bridgehead atoms. The lowest BCUT2D eigenvalue weighted by molar-refractivity contribution is -0.137. The van der Waals surface area contributed by atoms with E-state index >= 15 is 0 Å². The van der Waals surface area contributed by atoms with Gasteiger partial charge in [0.1, 0.15) is 5.69 Å². The molecule has 1 aromatic carbocycles. The van der Waals surface area contributed by atoms with Gasteiger partial charge in [-0.3, -0.25) is 18.3 Å². The van der Waals surface area contributed by atoms with Gasteiger partial charge < -0.3 is 5.11 Å². The highest BCUT2D eigenvalue weighted by Gasteiger charge is 2.34. The average molecular weight is 416 g/mol. The Labute approximate surface area is 157 Å². The molecular formula is C17H9ClF3NO4S. The lowest BCUT2D eigenvalue weighted by Gasteiger charge is -2.13. The van der Waals surface area contributed by atoms with Crippen molar-refractivity contribution in [1.82, 2.24) is 3.96 Å². The molecule has 0 unspecified atom stereocenters. The monoisotopic (exact) mass is 415 g/mol. The van der Waals surface area contributed by atoms with Crippen LogP contribution in [-0.4, -0.2) is 14.8 Å². The standard InChI is InChI=1S/C17H9ClF3NO4S/c1-22-13(16(26)12-11(27-22)5-4-10(23)15(12)25)14(24)7-2-3-9(18)8(6-7)17(19,20)21/h2-6,26H,1H3. The van der Waals surface area contributed by atoms with E-state index in [1.54, 1.807) is 0 Å². The zero-order valence-corrected chi connectivity index (χ0v) is 15.0. The third kappa shape index (κ3) is 3.24. The van der Waals surface area contributed by atoms with Gasteiger partial charge in [-0.05, 0) is 30.3 Å². The minimum atomic E-state index is -4.77. The molecule has 0 radical (unpaired) electrons. The van der Waals surface area contributed by atoms with Crippen molar-refractivity contribution in [2.75, 3.05) is 0 Å². The topological polar surface area (TPSA) is 76.4 Å². The van der Waals surface area contributed by atoms with Gasteiger partial charge in [0.15, 0.2) is 5.75 Å². The van der Waals surface area contributed by atoms with Crippen LogP contribution in [0.15, 0.2) is 39.9 Å². The minimum Gasteiger partial charge on any atom is -0.505 e. The highest BCUT2D eigenvalue weighted by atomic mass is 35.5. The zero-order chi connectivity index (χ0) is 20.1. The Hall–Kier alpha value is -2.65. The Morgan fingerprint density at radius 2 is 1.85 bits per heavy atom. The molecule has 2 aliphatic rings. The van der Waals surface area contributed by atoms with Gasteiger partial charge in [-0.1, -0.05) is 23.1 Å². The molecule has 1 aromatic rings. The maximum atomic E-state index is 13.0. The van der Waals surface area contributed by atoms with Crippen molar-refractivity contribution in [3.8, 4) is 5.75 Å². The fourth-order valence-electron chi connectivity index (χ4n) is 2.58. The number of carbonyl (C=O) groups is 1. The fourth-order valence-corrected chi connectivity index (χ4v) is 3.77. The molecular weight excluding hydrogens is 407 g/mol. The number of aromatic hydroxyl groups is 1. The van der Waals surface area contributed by atoms with Crippen LogP contribution in [0, 0.1) is 9.75 Å². The Kier molecular flexibility index (Phi) is 4.61. The smallest absolute Gasteiger partial charge is 0.417 e. The first-order valence-electron chi connectivity index (χ1n) is 7.30. The summed E-state index contributed by atoms with van der Waals surface area (Å²) in [5.74, 6) is -1.71. The quantitative estimate of drug-likeness (QED) is 0.515. The summed E-state index contributed by atoms with van der Waals surface area (Å²) in [5.41, 5.74) is -3.86. The third-order valence-corrected chi connectivity index (χ3v) is 5.17. The van der Waals surface area contributed by atoms with E-state index < -0.39 is 44.8 Å². The molecule has 0 spiro atoms. The number of hydrogen-bond donors (Lipinski definition) is 1. The van der Waals surface area contributed by atoms with Gasteiger partial charge in [0.05, 0.1) is 20.3 Å². The van der Waals surface area contributed by atoms with Crippen LogP contribution in [-0.2, 0) is 13.2 Å². The highest BCUT2D eigenvalue weighted by molar-refractivity contribution is 7.04. The second-order valence-electron chi connectivity index (χ2n) is 5.57. The van der Waals surface area contributed by atoms with Crippen LogP contribution >= 0.6 is 23.1 Å². The van der Waals surface area contributed by atoms with E-state index in [1.807, 2.05) is 0 Å². The maximum Gasteiger partial charge on any atom is 0.417 e. The van der Waals surface area contributed by atoms with E-state index in [0.29, 0.717) is 6.07 Å². The van der Waals surface area contributed by atoms with Crippen molar-refractivity contribution in [2.24, 2.45) is 7.05 Å². The molecule has 140 valence electrons. The third-order valence-electron chi connectivity index (χ3n) is 3.84. The first-order chi connectivity index (χ1) is 12.5. The van der Waals surface area contributed by atoms with Crippen LogP contribution < -0.4 is 10.9 Å². The number of ketones is 1. The summed E-state index contributed by atoms with van der Waals surface area (Å²) in [7, 11) is 1.40. The Balaban J connectivity index is 2.30. The molecule has 27 heavy (non-hydrogen) atoms. The second kappa shape index (κ2) is 6.50. The van der Waals surface area contributed by atoms with E-state index in [4.69, 9.17) is 11.6 Å². The maximum absolute atomic E-state index is 13.0. The van der Waals surface area contributed by atoms with E-state index in [1.165, 1.54) is 17.1 Å². The fraction of sp³-hybridized carbons (Fsp3) is 0.118. The summed E-state index contributed by atoms with van der Waals surface area (Å²) < 4.78 is 40.6. The molecule has 1 heterocycles. The average Bonchev–Trinajstić information content (AvgIpc) is 2.57.